The van der Waals surface area contributed by atoms with Gasteiger partial charge in [0.05, 0.1) is 5.69 Å². The zero-order valence-electron chi connectivity index (χ0n) is 14.7. The zero-order valence-corrected chi connectivity index (χ0v) is 15.5. The van der Waals surface area contributed by atoms with E-state index in [-0.39, 0.29) is 0 Å². The Bertz CT molecular complexity index is 972. The highest BCUT2D eigenvalue weighted by Crippen LogP contribution is 2.28. The lowest BCUT2D eigenvalue weighted by Gasteiger charge is -2.13. The number of nitrogens with one attached hydrogen (secondary N) is 1. The number of amides is 1. The molecule has 1 amide bonds. The van der Waals surface area contributed by atoms with Gasteiger partial charge in [0.2, 0.25) is 0 Å². The monoisotopic (exact) mass is 384 g/mol. The zero-order chi connectivity index (χ0) is 19.4. The van der Waals surface area contributed by atoms with Gasteiger partial charge in [0.1, 0.15) is 15.7 Å². The van der Waals surface area contributed by atoms with Crippen molar-refractivity contribution in [1.29, 1.82) is 0 Å². The minimum absolute atomic E-state index is 0.295. The first-order valence-corrected chi connectivity index (χ1v) is 9.06. The van der Waals surface area contributed by atoms with Crippen molar-refractivity contribution in [2.24, 2.45) is 0 Å². The Hall–Kier alpha value is -3.06. The van der Waals surface area contributed by atoms with Crippen LogP contribution in [0.25, 0.3) is 10.6 Å². The molecule has 138 valence electrons. The summed E-state index contributed by atoms with van der Waals surface area (Å²) in [4.78, 5) is 29.4. The van der Waals surface area contributed by atoms with Crippen molar-refractivity contribution in [2.45, 2.75) is 20.0 Å². The van der Waals surface area contributed by atoms with Gasteiger partial charge >= 0.3 is 5.97 Å². The topological polar surface area (TPSA) is 68.3 Å². The molecule has 3 aromatic rings. The number of hydrogen-bond donors (Lipinski definition) is 1. The van der Waals surface area contributed by atoms with E-state index in [4.69, 9.17) is 4.74 Å². The number of halogens is 1. The molecule has 3 rings (SSSR count). The molecule has 1 aromatic heterocycles. The molecule has 0 aliphatic carbocycles. The maximum absolute atomic E-state index is 13.2. The van der Waals surface area contributed by atoms with E-state index in [1.165, 1.54) is 36.5 Å². The number of hydrogen-bond acceptors (Lipinski definition) is 5. The Kier molecular flexibility index (Phi) is 5.61. The highest BCUT2D eigenvalue weighted by Gasteiger charge is 2.23. The van der Waals surface area contributed by atoms with E-state index in [1.807, 2.05) is 30.3 Å². The summed E-state index contributed by atoms with van der Waals surface area (Å²) in [6, 6.07) is 15.0. The summed E-state index contributed by atoms with van der Waals surface area (Å²) in [6.07, 6.45) is -1.04. The summed E-state index contributed by atoms with van der Waals surface area (Å²) < 4.78 is 18.5. The SMILES string of the molecule is Cc1nc(-c2ccccc2)sc1C(=O)O[C@H](C)C(=O)Nc1cccc(F)c1. The minimum Gasteiger partial charge on any atom is -0.448 e. The van der Waals surface area contributed by atoms with Crippen LogP contribution in [0.3, 0.4) is 0 Å². The molecular formula is C20H17FN2O3S. The third kappa shape index (κ3) is 4.57. The number of carbonyl (C=O) groups excluding carboxylic acids is 2. The number of aromatic nitrogens is 1. The van der Waals surface area contributed by atoms with Crippen molar-refractivity contribution in [3.63, 3.8) is 0 Å². The van der Waals surface area contributed by atoms with Crippen molar-refractivity contribution in [2.75, 3.05) is 5.32 Å². The Morgan fingerprint density at radius 1 is 1.15 bits per heavy atom. The number of nitrogens with zero attached hydrogens (tertiary/aromatic N) is 1. The van der Waals surface area contributed by atoms with Crippen LogP contribution in [-0.4, -0.2) is 23.0 Å². The first-order chi connectivity index (χ1) is 12.9. The van der Waals surface area contributed by atoms with E-state index in [1.54, 1.807) is 13.0 Å². The third-order valence-corrected chi connectivity index (χ3v) is 4.93. The van der Waals surface area contributed by atoms with Gasteiger partial charge in [-0.3, -0.25) is 4.79 Å². The first kappa shape index (κ1) is 18.7. The van der Waals surface area contributed by atoms with Gasteiger partial charge < -0.3 is 10.1 Å². The Labute approximate surface area is 159 Å². The Morgan fingerprint density at radius 2 is 1.89 bits per heavy atom. The molecule has 27 heavy (non-hydrogen) atoms. The molecule has 0 saturated heterocycles. The lowest BCUT2D eigenvalue weighted by atomic mass is 10.2. The highest BCUT2D eigenvalue weighted by atomic mass is 32.1. The maximum atomic E-state index is 13.2. The lowest BCUT2D eigenvalue weighted by molar-refractivity contribution is -0.123. The van der Waals surface area contributed by atoms with E-state index < -0.39 is 23.8 Å². The normalized spacial score (nSPS) is 11.7. The molecule has 7 heteroatoms. The summed E-state index contributed by atoms with van der Waals surface area (Å²) in [5.41, 5.74) is 1.74. The van der Waals surface area contributed by atoms with Gasteiger partial charge in [-0.1, -0.05) is 36.4 Å². The first-order valence-electron chi connectivity index (χ1n) is 8.24. The van der Waals surface area contributed by atoms with Gasteiger partial charge in [-0.15, -0.1) is 11.3 Å². The Balaban J connectivity index is 1.68. The summed E-state index contributed by atoms with van der Waals surface area (Å²) in [7, 11) is 0. The van der Waals surface area contributed by atoms with Crippen LogP contribution in [0.1, 0.15) is 22.3 Å². The van der Waals surface area contributed by atoms with E-state index in [0.717, 1.165) is 5.56 Å². The molecule has 0 bridgehead atoms. The van der Waals surface area contributed by atoms with Crippen LogP contribution in [0.4, 0.5) is 10.1 Å². The van der Waals surface area contributed by atoms with Crippen LogP contribution < -0.4 is 5.32 Å². The van der Waals surface area contributed by atoms with E-state index in [2.05, 4.69) is 10.3 Å². The number of rotatable bonds is 5. The highest BCUT2D eigenvalue weighted by molar-refractivity contribution is 7.17. The molecule has 0 aliphatic heterocycles. The lowest BCUT2D eigenvalue weighted by Crippen LogP contribution is -2.30. The van der Waals surface area contributed by atoms with Crippen molar-refractivity contribution >= 4 is 28.9 Å². The van der Waals surface area contributed by atoms with Crippen LogP contribution >= 0.6 is 11.3 Å². The molecule has 0 unspecified atom stereocenters. The van der Waals surface area contributed by atoms with Crippen molar-refractivity contribution < 1.29 is 18.7 Å². The molecule has 1 atom stereocenters. The quantitative estimate of drug-likeness (QED) is 0.660. The number of benzene rings is 2. The van der Waals surface area contributed by atoms with Crippen LogP contribution in [0.5, 0.6) is 0 Å². The molecule has 0 aliphatic rings. The van der Waals surface area contributed by atoms with Gasteiger partial charge in [0.15, 0.2) is 6.10 Å². The summed E-state index contributed by atoms with van der Waals surface area (Å²) in [6.45, 7) is 3.18. The molecule has 0 spiro atoms. The number of ether oxygens (including phenoxy) is 1. The summed E-state index contributed by atoms with van der Waals surface area (Å²) in [5, 5.41) is 3.22. The van der Waals surface area contributed by atoms with Gasteiger partial charge in [0, 0.05) is 11.3 Å². The molecule has 1 N–H and O–H groups in total. The largest absolute Gasteiger partial charge is 0.448 e. The van der Waals surface area contributed by atoms with Crippen LogP contribution in [-0.2, 0) is 9.53 Å². The third-order valence-electron chi connectivity index (χ3n) is 3.75. The van der Waals surface area contributed by atoms with Crippen molar-refractivity contribution in [3.8, 4) is 10.6 Å². The maximum Gasteiger partial charge on any atom is 0.351 e. The fraction of sp³-hybridized carbons (Fsp3) is 0.150. The Morgan fingerprint density at radius 3 is 2.59 bits per heavy atom. The second-order valence-corrected chi connectivity index (χ2v) is 6.85. The standard InChI is InChI=1S/C20H17FN2O3S/c1-12-17(27-19(22-12)14-7-4-3-5-8-14)20(25)26-13(2)18(24)23-16-10-6-9-15(21)11-16/h3-11,13H,1-2H3,(H,23,24)/t13-/m1/s1. The molecular weight excluding hydrogens is 367 g/mol. The molecule has 0 saturated carbocycles. The smallest absolute Gasteiger partial charge is 0.351 e. The van der Waals surface area contributed by atoms with E-state index >= 15 is 0 Å². The second-order valence-electron chi connectivity index (χ2n) is 5.85. The predicted octanol–water partition coefficient (Wildman–Crippen LogP) is 4.44. The van der Waals surface area contributed by atoms with Gasteiger partial charge in [0.25, 0.3) is 5.91 Å². The fourth-order valence-electron chi connectivity index (χ4n) is 2.37. The average molecular weight is 384 g/mol. The number of carbonyl (C=O) groups is 2. The average Bonchev–Trinajstić information content (AvgIpc) is 3.04. The number of anilines is 1. The molecule has 0 fully saturated rings. The van der Waals surface area contributed by atoms with E-state index in [0.29, 0.717) is 21.3 Å². The van der Waals surface area contributed by atoms with E-state index in [9.17, 15) is 14.0 Å². The van der Waals surface area contributed by atoms with Gasteiger partial charge in [-0.05, 0) is 32.0 Å². The summed E-state index contributed by atoms with van der Waals surface area (Å²) >= 11 is 1.21. The fourth-order valence-corrected chi connectivity index (χ4v) is 3.32. The number of esters is 1. The van der Waals surface area contributed by atoms with Crippen molar-refractivity contribution in [3.05, 3.63) is 71.0 Å². The second kappa shape index (κ2) is 8.09. The number of aryl methyl sites for hydroxylation is 1. The van der Waals surface area contributed by atoms with Crippen molar-refractivity contribution in [1.82, 2.24) is 4.98 Å². The van der Waals surface area contributed by atoms with Gasteiger partial charge in [-0.2, -0.15) is 0 Å². The molecule has 5 nitrogen and oxygen atoms in total. The van der Waals surface area contributed by atoms with Crippen LogP contribution in [0, 0.1) is 12.7 Å². The van der Waals surface area contributed by atoms with Crippen LogP contribution in [0.2, 0.25) is 0 Å². The summed E-state index contributed by atoms with van der Waals surface area (Å²) in [5.74, 6) is -1.63. The van der Waals surface area contributed by atoms with Crippen LogP contribution in [0.15, 0.2) is 54.6 Å². The number of thiazole rings is 1. The minimum atomic E-state index is -1.04. The molecule has 1 heterocycles. The molecule has 0 radical (unpaired) electrons. The predicted molar refractivity (Wildman–Crippen MR) is 102 cm³/mol. The molecule has 2 aromatic carbocycles. The van der Waals surface area contributed by atoms with Gasteiger partial charge in [-0.25, -0.2) is 14.2 Å².